The molecule has 0 radical (unpaired) electrons. The lowest BCUT2D eigenvalue weighted by atomic mass is 9.97. The summed E-state index contributed by atoms with van der Waals surface area (Å²) in [6, 6.07) is 16.0. The van der Waals surface area contributed by atoms with Gasteiger partial charge in [0.1, 0.15) is 0 Å². The number of aryl methyl sites for hydroxylation is 2. The van der Waals surface area contributed by atoms with E-state index in [0.29, 0.717) is 0 Å². The number of carbonyl (C=O) groups is 1. The Morgan fingerprint density at radius 1 is 1.09 bits per heavy atom. The highest BCUT2D eigenvalue weighted by molar-refractivity contribution is 7.13. The maximum absolute atomic E-state index is 11.1. The van der Waals surface area contributed by atoms with E-state index in [1.807, 2.05) is 11.3 Å². The Hall–Kier alpha value is -2.67. The first-order valence-corrected chi connectivity index (χ1v) is 13.2. The number of fused-ring (bicyclic) bond motifs is 3. The number of carboxylic acids is 1. The Morgan fingerprint density at radius 2 is 1.91 bits per heavy atom. The molecule has 6 heteroatoms. The lowest BCUT2D eigenvalue weighted by molar-refractivity contribution is -0.143. The number of thiophene rings is 1. The van der Waals surface area contributed by atoms with Crippen LogP contribution >= 0.6 is 11.3 Å². The summed E-state index contributed by atoms with van der Waals surface area (Å²) in [5.41, 5.74) is 6.50. The number of benzene rings is 2. The van der Waals surface area contributed by atoms with Crippen molar-refractivity contribution in [2.75, 3.05) is 26.2 Å². The molecule has 0 unspecified atom stereocenters. The van der Waals surface area contributed by atoms with Gasteiger partial charge in [-0.05, 0) is 86.1 Å². The van der Waals surface area contributed by atoms with Gasteiger partial charge in [-0.2, -0.15) is 0 Å². The molecule has 0 atom stereocenters. The molecular weight excluding hydrogens is 442 g/mol. The molecule has 2 aromatic carbocycles. The smallest absolute Gasteiger partial charge is 0.306 e. The number of rotatable bonds is 8. The van der Waals surface area contributed by atoms with Gasteiger partial charge in [0.15, 0.2) is 0 Å². The Morgan fingerprint density at radius 3 is 2.62 bits per heavy atom. The number of likely N-dealkylation sites (tertiary alicyclic amines) is 1. The molecule has 2 N–H and O–H groups in total. The van der Waals surface area contributed by atoms with E-state index >= 15 is 0 Å². The Kier molecular flexibility index (Phi) is 6.73. The maximum Gasteiger partial charge on any atom is 0.306 e. The molecule has 0 spiro atoms. The fraction of sp³-hybridized carbons (Fsp3) is 0.393. The van der Waals surface area contributed by atoms with Gasteiger partial charge in [-0.1, -0.05) is 18.2 Å². The first-order valence-electron chi connectivity index (χ1n) is 12.3. The maximum atomic E-state index is 11.1. The summed E-state index contributed by atoms with van der Waals surface area (Å²) in [6.45, 7) is 9.80. The van der Waals surface area contributed by atoms with Crippen molar-refractivity contribution in [2.24, 2.45) is 5.92 Å². The number of hydrogen-bond donors (Lipinski definition) is 2. The Bertz CT molecular complexity index is 1310. The third-order valence-corrected chi connectivity index (χ3v) is 8.23. The fourth-order valence-electron chi connectivity index (χ4n) is 5.21. The van der Waals surface area contributed by atoms with E-state index in [9.17, 15) is 4.79 Å². The highest BCUT2D eigenvalue weighted by atomic mass is 32.1. The van der Waals surface area contributed by atoms with Crippen LogP contribution in [-0.4, -0.2) is 46.7 Å². The molecule has 5 rings (SSSR count). The van der Waals surface area contributed by atoms with Crippen LogP contribution in [-0.2, 0) is 17.9 Å². The van der Waals surface area contributed by atoms with Crippen molar-refractivity contribution in [1.29, 1.82) is 0 Å². The minimum absolute atomic E-state index is 0.160. The first kappa shape index (κ1) is 23.1. The van der Waals surface area contributed by atoms with Gasteiger partial charge in [0.25, 0.3) is 0 Å². The van der Waals surface area contributed by atoms with Crippen LogP contribution in [0.2, 0.25) is 0 Å². The van der Waals surface area contributed by atoms with E-state index in [1.54, 1.807) is 0 Å². The second kappa shape index (κ2) is 9.90. The van der Waals surface area contributed by atoms with Crippen LogP contribution < -0.4 is 5.32 Å². The molecule has 4 aromatic rings. The van der Waals surface area contributed by atoms with E-state index in [1.165, 1.54) is 43.4 Å². The van der Waals surface area contributed by atoms with Gasteiger partial charge in [-0.15, -0.1) is 11.3 Å². The zero-order valence-corrected chi connectivity index (χ0v) is 20.8. The SMILES string of the molecule is CCn1c2ccc(CNCCN3CCC(C(=O)O)CC3)cc2c2ccc(-c3cc(C)cs3)cc21. The molecule has 2 aromatic heterocycles. The molecule has 34 heavy (non-hydrogen) atoms. The zero-order chi connectivity index (χ0) is 23.7. The lowest BCUT2D eigenvalue weighted by Crippen LogP contribution is -2.39. The van der Waals surface area contributed by atoms with Crippen molar-refractivity contribution in [3.05, 3.63) is 59.0 Å². The normalized spacial score (nSPS) is 15.5. The van der Waals surface area contributed by atoms with E-state index in [-0.39, 0.29) is 5.92 Å². The van der Waals surface area contributed by atoms with Crippen LogP contribution in [0.1, 0.15) is 30.9 Å². The molecular formula is C28H33N3O2S. The van der Waals surface area contributed by atoms with Crippen LogP contribution in [0, 0.1) is 12.8 Å². The second-order valence-electron chi connectivity index (χ2n) is 9.45. The van der Waals surface area contributed by atoms with Crippen molar-refractivity contribution in [3.8, 4) is 10.4 Å². The summed E-state index contributed by atoms with van der Waals surface area (Å²) in [7, 11) is 0. The van der Waals surface area contributed by atoms with Gasteiger partial charge in [0.2, 0.25) is 0 Å². The van der Waals surface area contributed by atoms with Gasteiger partial charge >= 0.3 is 5.97 Å². The molecule has 3 heterocycles. The average Bonchev–Trinajstić information content (AvgIpc) is 3.42. The summed E-state index contributed by atoms with van der Waals surface area (Å²) < 4.78 is 2.42. The average molecular weight is 476 g/mol. The van der Waals surface area contributed by atoms with Crippen LogP contribution in [0.25, 0.3) is 32.2 Å². The molecule has 1 fully saturated rings. The number of hydrogen-bond acceptors (Lipinski definition) is 4. The summed E-state index contributed by atoms with van der Waals surface area (Å²) in [5.74, 6) is -0.804. The number of aliphatic carboxylic acids is 1. The van der Waals surface area contributed by atoms with Crippen molar-refractivity contribution < 1.29 is 9.90 Å². The van der Waals surface area contributed by atoms with E-state index in [0.717, 1.165) is 52.1 Å². The topological polar surface area (TPSA) is 57.5 Å². The van der Waals surface area contributed by atoms with Crippen LogP contribution in [0.15, 0.2) is 47.8 Å². The third-order valence-electron chi connectivity index (χ3n) is 7.13. The number of aromatic nitrogens is 1. The van der Waals surface area contributed by atoms with Crippen LogP contribution in [0.4, 0.5) is 0 Å². The number of nitrogens with zero attached hydrogens (tertiary/aromatic N) is 2. The van der Waals surface area contributed by atoms with Crippen molar-refractivity contribution in [3.63, 3.8) is 0 Å². The Labute approximate surface area is 205 Å². The van der Waals surface area contributed by atoms with Gasteiger partial charge in [0, 0.05) is 52.9 Å². The quantitative estimate of drug-likeness (QED) is 0.319. The van der Waals surface area contributed by atoms with Crippen LogP contribution in [0.5, 0.6) is 0 Å². The fourth-order valence-corrected chi connectivity index (χ4v) is 6.10. The first-order chi connectivity index (χ1) is 16.5. The monoisotopic (exact) mass is 475 g/mol. The summed E-state index contributed by atoms with van der Waals surface area (Å²) in [6.07, 6.45) is 1.53. The summed E-state index contributed by atoms with van der Waals surface area (Å²) in [4.78, 5) is 14.8. The third kappa shape index (κ3) is 4.63. The Balaban J connectivity index is 1.28. The molecule has 1 aliphatic heterocycles. The molecule has 0 aliphatic carbocycles. The zero-order valence-electron chi connectivity index (χ0n) is 20.0. The molecule has 5 nitrogen and oxygen atoms in total. The standard InChI is InChI=1S/C28H33N3O2S/c1-3-31-25-7-4-20(17-29-10-13-30-11-8-21(9-12-30)28(32)33)15-24(25)23-6-5-22(16-26(23)31)27-14-19(2)18-34-27/h4-7,14-16,18,21,29H,3,8-13,17H2,1-2H3,(H,32,33). The van der Waals surface area contributed by atoms with Gasteiger partial charge in [0.05, 0.1) is 5.92 Å². The molecule has 1 saturated heterocycles. The summed E-state index contributed by atoms with van der Waals surface area (Å²) in [5, 5.41) is 17.6. The van der Waals surface area contributed by atoms with Crippen molar-refractivity contribution >= 4 is 39.1 Å². The van der Waals surface area contributed by atoms with E-state index in [4.69, 9.17) is 5.11 Å². The van der Waals surface area contributed by atoms with Crippen LogP contribution in [0.3, 0.4) is 0 Å². The predicted octanol–water partition coefficient (Wildman–Crippen LogP) is 5.74. The highest BCUT2D eigenvalue weighted by Gasteiger charge is 2.23. The molecule has 0 saturated carbocycles. The summed E-state index contributed by atoms with van der Waals surface area (Å²) >= 11 is 1.81. The second-order valence-corrected chi connectivity index (χ2v) is 10.4. The van der Waals surface area contributed by atoms with E-state index in [2.05, 4.69) is 76.5 Å². The molecule has 0 amide bonds. The minimum atomic E-state index is -0.643. The number of nitrogens with one attached hydrogen (secondary N) is 1. The molecule has 1 aliphatic rings. The van der Waals surface area contributed by atoms with E-state index < -0.39 is 5.97 Å². The lowest BCUT2D eigenvalue weighted by Gasteiger charge is -2.29. The molecule has 0 bridgehead atoms. The number of piperidine rings is 1. The highest BCUT2D eigenvalue weighted by Crippen LogP contribution is 2.35. The van der Waals surface area contributed by atoms with Crippen molar-refractivity contribution in [1.82, 2.24) is 14.8 Å². The minimum Gasteiger partial charge on any atom is -0.481 e. The largest absolute Gasteiger partial charge is 0.481 e. The number of carboxylic acid groups (broad SMARTS) is 1. The van der Waals surface area contributed by atoms with Crippen molar-refractivity contribution in [2.45, 2.75) is 39.8 Å². The van der Waals surface area contributed by atoms with Gasteiger partial charge in [-0.25, -0.2) is 0 Å². The van der Waals surface area contributed by atoms with Gasteiger partial charge < -0.3 is 19.9 Å². The van der Waals surface area contributed by atoms with Gasteiger partial charge in [-0.3, -0.25) is 4.79 Å². The predicted molar refractivity (Wildman–Crippen MR) is 142 cm³/mol. The molecule has 178 valence electrons.